The van der Waals surface area contributed by atoms with E-state index >= 15 is 0 Å². The molecule has 0 fully saturated rings. The number of hydrogen-bond acceptors (Lipinski definition) is 3. The summed E-state index contributed by atoms with van der Waals surface area (Å²) >= 11 is 0. The Morgan fingerprint density at radius 3 is 2.65 bits per heavy atom. The van der Waals surface area contributed by atoms with Crippen molar-refractivity contribution in [3.63, 3.8) is 0 Å². The molecule has 1 N–H and O–H groups in total. The SMILES string of the molecule is C#CCn1c(=O)c(-c2c(F)cc(C#CC)cc2OC)c(O)n1C. The van der Waals surface area contributed by atoms with Crippen LogP contribution in [-0.4, -0.2) is 21.6 Å². The number of halogens is 1. The third-order valence-corrected chi connectivity index (χ3v) is 3.37. The molecular weight excluding hydrogens is 299 g/mol. The highest BCUT2D eigenvalue weighted by atomic mass is 19.1. The van der Waals surface area contributed by atoms with Gasteiger partial charge in [0.1, 0.15) is 23.7 Å². The lowest BCUT2D eigenvalue weighted by Gasteiger charge is -2.09. The molecular formula is C17H15FN2O3. The van der Waals surface area contributed by atoms with E-state index in [1.807, 2.05) is 0 Å². The number of aromatic hydroxyl groups is 1. The Hall–Kier alpha value is -3.12. The molecule has 0 atom stereocenters. The fourth-order valence-corrected chi connectivity index (χ4v) is 2.32. The topological polar surface area (TPSA) is 56.4 Å². The van der Waals surface area contributed by atoms with E-state index in [1.165, 1.54) is 31.0 Å². The van der Waals surface area contributed by atoms with Gasteiger partial charge in [-0.2, -0.15) is 0 Å². The molecule has 2 rings (SSSR count). The molecule has 0 amide bonds. The van der Waals surface area contributed by atoms with Gasteiger partial charge in [0.15, 0.2) is 0 Å². The second-order valence-electron chi connectivity index (χ2n) is 4.70. The summed E-state index contributed by atoms with van der Waals surface area (Å²) in [5.41, 5.74) is -0.518. The van der Waals surface area contributed by atoms with E-state index in [-0.39, 0.29) is 23.4 Å². The summed E-state index contributed by atoms with van der Waals surface area (Å²) in [6.07, 6.45) is 5.22. The van der Waals surface area contributed by atoms with Crippen LogP contribution in [0.1, 0.15) is 12.5 Å². The van der Waals surface area contributed by atoms with Gasteiger partial charge in [0.25, 0.3) is 5.56 Å². The Morgan fingerprint density at radius 1 is 1.39 bits per heavy atom. The van der Waals surface area contributed by atoms with Crippen LogP contribution in [0.3, 0.4) is 0 Å². The molecule has 0 bridgehead atoms. The molecule has 0 saturated heterocycles. The van der Waals surface area contributed by atoms with Gasteiger partial charge < -0.3 is 9.84 Å². The van der Waals surface area contributed by atoms with Crippen LogP contribution in [-0.2, 0) is 13.6 Å². The van der Waals surface area contributed by atoms with E-state index in [0.29, 0.717) is 5.56 Å². The van der Waals surface area contributed by atoms with Crippen molar-refractivity contribution in [1.82, 2.24) is 9.36 Å². The lowest BCUT2D eigenvalue weighted by molar-refractivity contribution is 0.392. The van der Waals surface area contributed by atoms with Crippen LogP contribution in [0.2, 0.25) is 0 Å². The Labute approximate surface area is 132 Å². The molecule has 0 radical (unpaired) electrons. The van der Waals surface area contributed by atoms with Gasteiger partial charge in [0.05, 0.1) is 12.7 Å². The molecule has 0 aliphatic rings. The molecule has 1 heterocycles. The molecule has 2 aromatic rings. The first-order valence-corrected chi connectivity index (χ1v) is 6.69. The maximum atomic E-state index is 14.5. The van der Waals surface area contributed by atoms with Gasteiger partial charge in [-0.05, 0) is 19.1 Å². The van der Waals surface area contributed by atoms with Gasteiger partial charge in [0.2, 0.25) is 5.88 Å². The van der Waals surface area contributed by atoms with Gasteiger partial charge in [0, 0.05) is 12.6 Å². The van der Waals surface area contributed by atoms with Crippen molar-refractivity contribution in [2.24, 2.45) is 7.05 Å². The number of hydrogen-bond donors (Lipinski definition) is 1. The maximum Gasteiger partial charge on any atom is 0.279 e. The Bertz CT molecular complexity index is 921. The molecule has 1 aromatic carbocycles. The number of nitrogens with zero attached hydrogens (tertiary/aromatic N) is 2. The molecule has 118 valence electrons. The van der Waals surface area contributed by atoms with Crippen LogP contribution in [0.5, 0.6) is 11.6 Å². The number of methoxy groups -OCH3 is 1. The zero-order valence-electron chi connectivity index (χ0n) is 13.0. The van der Waals surface area contributed by atoms with Crippen LogP contribution in [0.15, 0.2) is 16.9 Å². The minimum absolute atomic E-state index is 0.0494. The highest BCUT2D eigenvalue weighted by Crippen LogP contribution is 2.36. The average Bonchev–Trinajstić information content (AvgIpc) is 2.72. The third-order valence-electron chi connectivity index (χ3n) is 3.37. The van der Waals surface area contributed by atoms with Crippen LogP contribution >= 0.6 is 0 Å². The smallest absolute Gasteiger partial charge is 0.279 e. The van der Waals surface area contributed by atoms with Crippen molar-refractivity contribution in [1.29, 1.82) is 0 Å². The number of rotatable bonds is 3. The molecule has 5 nitrogen and oxygen atoms in total. The van der Waals surface area contributed by atoms with Crippen molar-refractivity contribution in [3.05, 3.63) is 33.9 Å². The standard InChI is InChI=1S/C17H15FN2O3/c1-5-7-11-9-12(18)14(13(10-11)23-4)15-16(21)19(3)20(8-6-2)17(15)22/h2,9-10,21H,8H2,1,3-4H3. The van der Waals surface area contributed by atoms with E-state index in [0.717, 1.165) is 4.68 Å². The van der Waals surface area contributed by atoms with Crippen molar-refractivity contribution in [2.45, 2.75) is 13.5 Å². The van der Waals surface area contributed by atoms with E-state index in [1.54, 1.807) is 6.92 Å². The van der Waals surface area contributed by atoms with Crippen LogP contribution in [0.4, 0.5) is 4.39 Å². The highest BCUT2D eigenvalue weighted by molar-refractivity contribution is 5.75. The summed E-state index contributed by atoms with van der Waals surface area (Å²) in [4.78, 5) is 12.5. The zero-order valence-corrected chi connectivity index (χ0v) is 13.0. The summed E-state index contributed by atoms with van der Waals surface area (Å²) in [6, 6.07) is 2.69. The van der Waals surface area contributed by atoms with Crippen molar-refractivity contribution >= 4 is 0 Å². The van der Waals surface area contributed by atoms with Gasteiger partial charge in [-0.1, -0.05) is 11.8 Å². The molecule has 0 spiro atoms. The normalized spacial score (nSPS) is 9.87. The van der Waals surface area contributed by atoms with Gasteiger partial charge in [-0.15, -0.1) is 12.3 Å². The van der Waals surface area contributed by atoms with E-state index in [4.69, 9.17) is 11.2 Å². The fraction of sp³-hybridized carbons (Fsp3) is 0.235. The molecule has 0 saturated carbocycles. The monoisotopic (exact) mass is 314 g/mol. The Kier molecular flexibility index (Phi) is 4.47. The summed E-state index contributed by atoms with van der Waals surface area (Å²) in [7, 11) is 2.81. The summed E-state index contributed by atoms with van der Waals surface area (Å²) in [5.74, 6) is 6.69. The molecule has 0 aliphatic carbocycles. The van der Waals surface area contributed by atoms with Crippen LogP contribution < -0.4 is 10.3 Å². The Morgan fingerprint density at radius 2 is 2.09 bits per heavy atom. The van der Waals surface area contributed by atoms with Gasteiger partial charge in [-0.25, -0.2) is 9.07 Å². The summed E-state index contributed by atoms with van der Waals surface area (Å²) in [6.45, 7) is 1.58. The lowest BCUT2D eigenvalue weighted by Crippen LogP contribution is -2.21. The van der Waals surface area contributed by atoms with Crippen LogP contribution in [0.25, 0.3) is 11.1 Å². The third kappa shape index (κ3) is 2.67. The molecule has 1 aromatic heterocycles. The fourth-order valence-electron chi connectivity index (χ4n) is 2.32. The van der Waals surface area contributed by atoms with Gasteiger partial charge >= 0.3 is 0 Å². The zero-order chi connectivity index (χ0) is 17.1. The van der Waals surface area contributed by atoms with Crippen molar-refractivity contribution in [3.8, 4) is 46.9 Å². The summed E-state index contributed by atoms with van der Waals surface area (Å²) < 4.78 is 22.0. The number of aromatic nitrogens is 2. The van der Waals surface area contributed by atoms with E-state index < -0.39 is 17.3 Å². The Balaban J connectivity index is 2.82. The lowest BCUT2D eigenvalue weighted by atomic mass is 10.0. The quantitative estimate of drug-likeness (QED) is 0.878. The number of ether oxygens (including phenoxy) is 1. The predicted molar refractivity (Wildman–Crippen MR) is 84.7 cm³/mol. The first kappa shape index (κ1) is 16.3. The second kappa shape index (κ2) is 6.33. The predicted octanol–water partition coefficient (Wildman–Crippen LogP) is 1.71. The summed E-state index contributed by atoms with van der Waals surface area (Å²) in [5, 5.41) is 10.2. The van der Waals surface area contributed by atoms with Crippen molar-refractivity contribution < 1.29 is 14.2 Å². The average molecular weight is 314 g/mol. The highest BCUT2D eigenvalue weighted by Gasteiger charge is 2.25. The first-order valence-electron chi connectivity index (χ1n) is 6.69. The molecule has 6 heteroatoms. The molecule has 23 heavy (non-hydrogen) atoms. The van der Waals surface area contributed by atoms with E-state index in [2.05, 4.69) is 17.8 Å². The minimum atomic E-state index is -0.715. The largest absolute Gasteiger partial charge is 0.496 e. The van der Waals surface area contributed by atoms with Crippen LogP contribution in [0, 0.1) is 30.0 Å². The molecule has 0 aliphatic heterocycles. The second-order valence-corrected chi connectivity index (χ2v) is 4.70. The minimum Gasteiger partial charge on any atom is -0.496 e. The number of terminal acetylenes is 1. The first-order chi connectivity index (χ1) is 11.0. The van der Waals surface area contributed by atoms with Gasteiger partial charge in [-0.3, -0.25) is 9.48 Å². The van der Waals surface area contributed by atoms with E-state index in [9.17, 15) is 14.3 Å². The number of benzene rings is 1. The maximum absolute atomic E-state index is 14.5. The molecule has 0 unspecified atom stereocenters. The van der Waals surface area contributed by atoms with Crippen molar-refractivity contribution in [2.75, 3.05) is 7.11 Å².